The van der Waals surface area contributed by atoms with Crippen LogP contribution in [-0.2, 0) is 9.53 Å². The average molecular weight is 258 g/mol. The van der Waals surface area contributed by atoms with Crippen LogP contribution in [0, 0.1) is 5.92 Å². The Labute approximate surface area is 108 Å². The molecule has 2 atom stereocenters. The summed E-state index contributed by atoms with van der Waals surface area (Å²) in [4.78, 5) is 14.5. The van der Waals surface area contributed by atoms with Crippen molar-refractivity contribution < 1.29 is 9.53 Å². The SMILES string of the molecule is CCCC(C(=O)N1CCOC(CC)C1)C(N)=S. The highest BCUT2D eigenvalue weighted by Crippen LogP contribution is 2.15. The monoisotopic (exact) mass is 258 g/mol. The second-order valence-corrected chi connectivity index (χ2v) is 4.90. The maximum absolute atomic E-state index is 12.3. The molecule has 1 amide bonds. The fourth-order valence-electron chi connectivity index (χ4n) is 2.06. The molecule has 0 bridgehead atoms. The Morgan fingerprint density at radius 1 is 1.59 bits per heavy atom. The topological polar surface area (TPSA) is 55.6 Å². The Morgan fingerprint density at radius 3 is 2.82 bits per heavy atom. The second-order valence-electron chi connectivity index (χ2n) is 4.43. The molecule has 2 unspecified atom stereocenters. The van der Waals surface area contributed by atoms with Crippen molar-refractivity contribution >= 4 is 23.1 Å². The summed E-state index contributed by atoms with van der Waals surface area (Å²) >= 11 is 4.98. The standard InChI is InChI=1S/C12H22N2O2S/c1-3-5-10(11(13)17)12(15)14-6-7-16-9(4-2)8-14/h9-10H,3-8H2,1-2H3,(H2,13,17). The van der Waals surface area contributed by atoms with Crippen molar-refractivity contribution in [3.05, 3.63) is 0 Å². The van der Waals surface area contributed by atoms with Crippen LogP contribution in [-0.4, -0.2) is 41.6 Å². The molecule has 98 valence electrons. The van der Waals surface area contributed by atoms with Crippen LogP contribution in [0.5, 0.6) is 0 Å². The Bertz CT molecular complexity index is 284. The van der Waals surface area contributed by atoms with Crippen molar-refractivity contribution in [3.8, 4) is 0 Å². The summed E-state index contributed by atoms with van der Waals surface area (Å²) in [7, 11) is 0. The lowest BCUT2D eigenvalue weighted by Gasteiger charge is -2.34. The van der Waals surface area contributed by atoms with Gasteiger partial charge in [-0.2, -0.15) is 0 Å². The molecule has 0 aliphatic carbocycles. The van der Waals surface area contributed by atoms with Gasteiger partial charge in [-0.1, -0.05) is 32.5 Å². The summed E-state index contributed by atoms with van der Waals surface area (Å²) in [5.41, 5.74) is 5.65. The molecule has 0 radical (unpaired) electrons. The predicted octanol–water partition coefficient (Wildman–Crippen LogP) is 1.33. The number of nitrogens with zero attached hydrogens (tertiary/aromatic N) is 1. The van der Waals surface area contributed by atoms with Crippen molar-refractivity contribution in [1.29, 1.82) is 0 Å². The summed E-state index contributed by atoms with van der Waals surface area (Å²) in [6.45, 7) is 6.03. The van der Waals surface area contributed by atoms with Gasteiger partial charge in [0.1, 0.15) is 0 Å². The molecule has 1 aliphatic heterocycles. The van der Waals surface area contributed by atoms with Gasteiger partial charge in [0, 0.05) is 13.1 Å². The van der Waals surface area contributed by atoms with E-state index in [1.165, 1.54) is 0 Å². The Balaban J connectivity index is 2.63. The van der Waals surface area contributed by atoms with Crippen LogP contribution in [0.4, 0.5) is 0 Å². The van der Waals surface area contributed by atoms with Crippen molar-refractivity contribution in [2.24, 2.45) is 11.7 Å². The van der Waals surface area contributed by atoms with Gasteiger partial charge in [-0.3, -0.25) is 4.79 Å². The number of nitrogens with two attached hydrogens (primary N) is 1. The minimum atomic E-state index is -0.300. The van der Waals surface area contributed by atoms with Gasteiger partial charge < -0.3 is 15.4 Å². The number of morpholine rings is 1. The molecule has 1 rings (SSSR count). The molecule has 0 aromatic heterocycles. The van der Waals surface area contributed by atoms with Crippen molar-refractivity contribution in [2.75, 3.05) is 19.7 Å². The number of hydrogen-bond acceptors (Lipinski definition) is 3. The highest BCUT2D eigenvalue weighted by Gasteiger charge is 2.29. The van der Waals surface area contributed by atoms with Crippen LogP contribution in [0.1, 0.15) is 33.1 Å². The molecular formula is C12H22N2O2S. The molecular weight excluding hydrogens is 236 g/mol. The quantitative estimate of drug-likeness (QED) is 0.756. The molecule has 0 spiro atoms. The maximum Gasteiger partial charge on any atom is 0.232 e. The van der Waals surface area contributed by atoms with E-state index in [0.29, 0.717) is 24.7 Å². The minimum absolute atomic E-state index is 0.0705. The van der Waals surface area contributed by atoms with E-state index in [2.05, 4.69) is 6.92 Å². The van der Waals surface area contributed by atoms with Gasteiger partial charge in [0.05, 0.1) is 23.6 Å². The third-order valence-corrected chi connectivity index (χ3v) is 3.41. The number of rotatable bonds is 5. The lowest BCUT2D eigenvalue weighted by molar-refractivity contribution is -0.141. The van der Waals surface area contributed by atoms with Gasteiger partial charge in [-0.05, 0) is 12.8 Å². The molecule has 1 heterocycles. The highest BCUT2D eigenvalue weighted by atomic mass is 32.1. The second kappa shape index (κ2) is 6.91. The maximum atomic E-state index is 12.3. The molecule has 1 saturated heterocycles. The van der Waals surface area contributed by atoms with Crippen LogP contribution in [0.3, 0.4) is 0 Å². The molecule has 1 aliphatic rings. The number of thiocarbonyl (C=S) groups is 1. The van der Waals surface area contributed by atoms with Gasteiger partial charge in [-0.25, -0.2) is 0 Å². The lowest BCUT2D eigenvalue weighted by Crippen LogP contribution is -2.49. The first-order valence-electron chi connectivity index (χ1n) is 6.29. The molecule has 1 fully saturated rings. The van der Waals surface area contributed by atoms with Crippen LogP contribution in [0.15, 0.2) is 0 Å². The summed E-state index contributed by atoms with van der Waals surface area (Å²) in [5, 5.41) is 0. The largest absolute Gasteiger partial charge is 0.393 e. The van der Waals surface area contributed by atoms with E-state index in [1.807, 2.05) is 11.8 Å². The first-order chi connectivity index (χ1) is 8.10. The van der Waals surface area contributed by atoms with E-state index in [4.69, 9.17) is 22.7 Å². The van der Waals surface area contributed by atoms with Gasteiger partial charge in [0.15, 0.2) is 0 Å². The van der Waals surface area contributed by atoms with Gasteiger partial charge in [0.25, 0.3) is 0 Å². The highest BCUT2D eigenvalue weighted by molar-refractivity contribution is 7.80. The van der Waals surface area contributed by atoms with Gasteiger partial charge in [0.2, 0.25) is 5.91 Å². The normalized spacial score (nSPS) is 22.2. The number of amides is 1. The Kier molecular flexibility index (Phi) is 5.85. The fraction of sp³-hybridized carbons (Fsp3) is 0.833. The van der Waals surface area contributed by atoms with Gasteiger partial charge in [-0.15, -0.1) is 0 Å². The lowest BCUT2D eigenvalue weighted by atomic mass is 10.0. The van der Waals surface area contributed by atoms with Crippen molar-refractivity contribution in [1.82, 2.24) is 4.90 Å². The molecule has 0 aromatic rings. The van der Waals surface area contributed by atoms with Crippen molar-refractivity contribution in [2.45, 2.75) is 39.2 Å². The van der Waals surface area contributed by atoms with Crippen LogP contribution in [0.25, 0.3) is 0 Å². The molecule has 0 aromatic carbocycles. The zero-order chi connectivity index (χ0) is 12.8. The van der Waals surface area contributed by atoms with Crippen LogP contribution >= 0.6 is 12.2 Å². The van der Waals surface area contributed by atoms with Crippen molar-refractivity contribution in [3.63, 3.8) is 0 Å². The summed E-state index contributed by atoms with van der Waals surface area (Å²) in [6.07, 6.45) is 2.73. The van der Waals surface area contributed by atoms with E-state index in [9.17, 15) is 4.79 Å². The average Bonchev–Trinajstić information content (AvgIpc) is 2.34. The number of ether oxygens (including phenoxy) is 1. The molecule has 0 saturated carbocycles. The zero-order valence-electron chi connectivity index (χ0n) is 10.6. The van der Waals surface area contributed by atoms with E-state index in [-0.39, 0.29) is 17.9 Å². The number of hydrogen-bond donors (Lipinski definition) is 1. The van der Waals surface area contributed by atoms with E-state index in [1.54, 1.807) is 0 Å². The summed E-state index contributed by atoms with van der Waals surface area (Å²) < 4.78 is 5.55. The van der Waals surface area contributed by atoms with E-state index >= 15 is 0 Å². The molecule has 17 heavy (non-hydrogen) atoms. The number of carbonyl (C=O) groups is 1. The zero-order valence-corrected chi connectivity index (χ0v) is 11.5. The summed E-state index contributed by atoms with van der Waals surface area (Å²) in [5.74, 6) is -0.230. The number of carbonyl (C=O) groups excluding carboxylic acids is 1. The molecule has 5 heteroatoms. The molecule has 2 N–H and O–H groups in total. The van der Waals surface area contributed by atoms with E-state index < -0.39 is 0 Å². The van der Waals surface area contributed by atoms with Crippen LogP contribution < -0.4 is 5.73 Å². The predicted molar refractivity (Wildman–Crippen MR) is 71.8 cm³/mol. The first kappa shape index (κ1) is 14.4. The third kappa shape index (κ3) is 3.92. The Hall–Kier alpha value is -0.680. The first-order valence-corrected chi connectivity index (χ1v) is 6.70. The smallest absolute Gasteiger partial charge is 0.232 e. The Morgan fingerprint density at radius 2 is 2.29 bits per heavy atom. The molecule has 4 nitrogen and oxygen atoms in total. The van der Waals surface area contributed by atoms with Crippen LogP contribution in [0.2, 0.25) is 0 Å². The fourth-order valence-corrected chi connectivity index (χ4v) is 2.28. The third-order valence-electron chi connectivity index (χ3n) is 3.12. The van der Waals surface area contributed by atoms with E-state index in [0.717, 1.165) is 19.3 Å². The van der Waals surface area contributed by atoms with Gasteiger partial charge >= 0.3 is 0 Å². The summed E-state index contributed by atoms with van der Waals surface area (Å²) in [6, 6.07) is 0. The minimum Gasteiger partial charge on any atom is -0.393 e.